The van der Waals surface area contributed by atoms with Crippen LogP contribution in [0.25, 0.3) is 0 Å². The number of nitrogens with two attached hydrogens (primary N) is 1. The lowest BCUT2D eigenvalue weighted by Crippen LogP contribution is -2.36. The van der Waals surface area contributed by atoms with Crippen LogP contribution in [-0.2, 0) is 0 Å². The van der Waals surface area contributed by atoms with Crippen LogP contribution in [0, 0.1) is 5.82 Å². The number of halogens is 1. The molecule has 1 unspecified atom stereocenters. The van der Waals surface area contributed by atoms with E-state index in [2.05, 4.69) is 18.0 Å². The summed E-state index contributed by atoms with van der Waals surface area (Å²) in [7, 11) is 2.06. The molecule has 0 saturated carbocycles. The minimum absolute atomic E-state index is 0.159. The predicted molar refractivity (Wildman–Crippen MR) is 85.7 cm³/mol. The normalized spacial score (nSPS) is 15.8. The number of likely N-dealkylation sites (N-methyl/N-ethyl adjacent to an activating group) is 1. The second kappa shape index (κ2) is 5.37. The van der Waals surface area contributed by atoms with Crippen molar-refractivity contribution in [2.24, 2.45) is 5.73 Å². The fraction of sp³-hybridized carbons (Fsp3) is 0.294. The molecule has 1 heterocycles. The maximum Gasteiger partial charge on any atom is 0.147 e. The first-order chi connectivity index (χ1) is 10.1. The highest BCUT2D eigenvalue weighted by Crippen LogP contribution is 2.38. The van der Waals surface area contributed by atoms with Crippen LogP contribution < -0.4 is 15.5 Å². The summed E-state index contributed by atoms with van der Waals surface area (Å²) in [5.41, 5.74) is 9.41. The number of hydrogen-bond acceptors (Lipinski definition) is 3. The Kier molecular flexibility index (Phi) is 3.55. The quantitative estimate of drug-likeness (QED) is 0.917. The Morgan fingerprint density at radius 2 is 1.76 bits per heavy atom. The van der Waals surface area contributed by atoms with Crippen LogP contribution in [-0.4, -0.2) is 20.1 Å². The first kappa shape index (κ1) is 13.9. The van der Waals surface area contributed by atoms with Crippen LogP contribution in [0.4, 0.5) is 21.5 Å². The second-order valence-electron chi connectivity index (χ2n) is 5.56. The molecule has 1 aliphatic rings. The summed E-state index contributed by atoms with van der Waals surface area (Å²) in [6, 6.07) is 13.2. The van der Waals surface area contributed by atoms with Gasteiger partial charge in [-0.3, -0.25) is 0 Å². The van der Waals surface area contributed by atoms with E-state index in [0.717, 1.165) is 30.0 Å². The van der Waals surface area contributed by atoms with Gasteiger partial charge in [0.2, 0.25) is 0 Å². The summed E-state index contributed by atoms with van der Waals surface area (Å²) in [5.74, 6) is -0.218. The second-order valence-corrected chi connectivity index (χ2v) is 5.56. The summed E-state index contributed by atoms with van der Waals surface area (Å²) < 4.78 is 14.5. The largest absolute Gasteiger partial charge is 0.371 e. The van der Waals surface area contributed by atoms with Crippen LogP contribution >= 0.6 is 0 Å². The molecule has 1 atom stereocenters. The Labute approximate surface area is 124 Å². The molecule has 3 rings (SSSR count). The molecule has 4 heteroatoms. The molecule has 0 radical (unpaired) electrons. The van der Waals surface area contributed by atoms with Crippen LogP contribution in [0.1, 0.15) is 18.5 Å². The maximum atomic E-state index is 14.5. The topological polar surface area (TPSA) is 32.5 Å². The smallest absolute Gasteiger partial charge is 0.147 e. The van der Waals surface area contributed by atoms with Crippen molar-refractivity contribution in [1.29, 1.82) is 0 Å². The van der Waals surface area contributed by atoms with Crippen LogP contribution in [0.5, 0.6) is 0 Å². The Balaban J connectivity index is 2.04. The lowest BCUT2D eigenvalue weighted by atomic mass is 10.1. The van der Waals surface area contributed by atoms with Gasteiger partial charge in [0.25, 0.3) is 0 Å². The Morgan fingerprint density at radius 1 is 1.05 bits per heavy atom. The zero-order valence-corrected chi connectivity index (χ0v) is 12.4. The minimum Gasteiger partial charge on any atom is -0.371 e. The van der Waals surface area contributed by atoms with Gasteiger partial charge in [0.05, 0.1) is 17.1 Å². The highest BCUT2D eigenvalue weighted by Gasteiger charge is 2.23. The van der Waals surface area contributed by atoms with Crippen molar-refractivity contribution in [2.45, 2.75) is 13.0 Å². The molecule has 110 valence electrons. The Bertz CT molecular complexity index is 654. The van der Waals surface area contributed by atoms with Gasteiger partial charge in [-0.05, 0) is 36.8 Å². The van der Waals surface area contributed by atoms with Crippen molar-refractivity contribution in [2.75, 3.05) is 29.9 Å². The van der Waals surface area contributed by atoms with Gasteiger partial charge in [0.1, 0.15) is 5.82 Å². The molecule has 1 aliphatic heterocycles. The van der Waals surface area contributed by atoms with E-state index in [0.29, 0.717) is 5.69 Å². The van der Waals surface area contributed by atoms with E-state index in [1.54, 1.807) is 6.07 Å². The van der Waals surface area contributed by atoms with Crippen LogP contribution in [0.3, 0.4) is 0 Å². The third-order valence-corrected chi connectivity index (χ3v) is 4.03. The highest BCUT2D eigenvalue weighted by atomic mass is 19.1. The van der Waals surface area contributed by atoms with E-state index in [9.17, 15) is 4.39 Å². The van der Waals surface area contributed by atoms with E-state index in [-0.39, 0.29) is 11.9 Å². The molecule has 0 bridgehead atoms. The van der Waals surface area contributed by atoms with Gasteiger partial charge in [0.15, 0.2) is 0 Å². The van der Waals surface area contributed by atoms with Gasteiger partial charge in [0, 0.05) is 26.2 Å². The van der Waals surface area contributed by atoms with Crippen molar-refractivity contribution in [3.8, 4) is 0 Å². The summed E-state index contributed by atoms with van der Waals surface area (Å²) in [6.07, 6.45) is 0. The number of anilines is 3. The molecule has 3 nitrogen and oxygen atoms in total. The van der Waals surface area contributed by atoms with Crippen molar-refractivity contribution in [3.05, 3.63) is 53.8 Å². The number of rotatable bonds is 2. The van der Waals surface area contributed by atoms with E-state index >= 15 is 0 Å². The van der Waals surface area contributed by atoms with Gasteiger partial charge in [-0.25, -0.2) is 4.39 Å². The molecule has 0 saturated heterocycles. The van der Waals surface area contributed by atoms with Crippen molar-refractivity contribution in [1.82, 2.24) is 0 Å². The third-order valence-electron chi connectivity index (χ3n) is 4.03. The minimum atomic E-state index is -0.218. The van der Waals surface area contributed by atoms with E-state index in [1.807, 2.05) is 42.2 Å². The zero-order valence-electron chi connectivity index (χ0n) is 12.4. The molecule has 0 aromatic heterocycles. The van der Waals surface area contributed by atoms with E-state index < -0.39 is 0 Å². The summed E-state index contributed by atoms with van der Waals surface area (Å²) in [4.78, 5) is 4.23. The summed E-state index contributed by atoms with van der Waals surface area (Å²) in [5, 5.41) is 0. The lowest BCUT2D eigenvalue weighted by molar-refractivity contribution is 0.618. The number of nitrogens with zero attached hydrogens (tertiary/aromatic N) is 2. The van der Waals surface area contributed by atoms with Crippen molar-refractivity contribution in [3.63, 3.8) is 0 Å². The molecule has 0 amide bonds. The number of hydrogen-bond donors (Lipinski definition) is 1. The molecular formula is C17H20FN3. The number of para-hydroxylation sites is 2. The maximum absolute atomic E-state index is 14.5. The number of benzene rings is 2. The van der Waals surface area contributed by atoms with Gasteiger partial charge < -0.3 is 15.5 Å². The summed E-state index contributed by atoms with van der Waals surface area (Å²) in [6.45, 7) is 3.49. The van der Waals surface area contributed by atoms with Gasteiger partial charge >= 0.3 is 0 Å². The SMILES string of the molecule is CC(N)c1ccc(N2CCN(C)c3ccccc32)c(F)c1. The van der Waals surface area contributed by atoms with E-state index in [4.69, 9.17) is 5.73 Å². The zero-order chi connectivity index (χ0) is 15.0. The van der Waals surface area contributed by atoms with Gasteiger partial charge in [-0.2, -0.15) is 0 Å². The fourth-order valence-electron chi connectivity index (χ4n) is 2.78. The Morgan fingerprint density at radius 3 is 2.43 bits per heavy atom. The highest BCUT2D eigenvalue weighted by molar-refractivity contribution is 5.79. The first-order valence-electron chi connectivity index (χ1n) is 7.20. The third kappa shape index (κ3) is 2.47. The predicted octanol–water partition coefficient (Wildman–Crippen LogP) is 3.43. The number of fused-ring (bicyclic) bond motifs is 1. The standard InChI is InChI=1S/C17H20FN3/c1-12(19)13-7-8-15(14(18)11-13)21-10-9-20(2)16-5-3-4-6-17(16)21/h3-8,11-12H,9-10,19H2,1-2H3. The monoisotopic (exact) mass is 285 g/mol. The molecule has 0 spiro atoms. The molecule has 2 N–H and O–H groups in total. The summed E-state index contributed by atoms with van der Waals surface area (Å²) >= 11 is 0. The van der Waals surface area contributed by atoms with Crippen LogP contribution in [0.2, 0.25) is 0 Å². The molecule has 0 aliphatic carbocycles. The van der Waals surface area contributed by atoms with Gasteiger partial charge in [-0.15, -0.1) is 0 Å². The molecular weight excluding hydrogens is 265 g/mol. The van der Waals surface area contributed by atoms with Gasteiger partial charge in [-0.1, -0.05) is 18.2 Å². The van der Waals surface area contributed by atoms with E-state index in [1.165, 1.54) is 0 Å². The molecule has 0 fully saturated rings. The average Bonchev–Trinajstić information content (AvgIpc) is 2.48. The molecule has 2 aromatic carbocycles. The Hall–Kier alpha value is -2.07. The van der Waals surface area contributed by atoms with Crippen molar-refractivity contribution < 1.29 is 4.39 Å². The van der Waals surface area contributed by atoms with Crippen molar-refractivity contribution >= 4 is 17.1 Å². The fourth-order valence-corrected chi connectivity index (χ4v) is 2.78. The first-order valence-corrected chi connectivity index (χ1v) is 7.20. The molecule has 2 aromatic rings. The molecule has 21 heavy (non-hydrogen) atoms. The van der Waals surface area contributed by atoms with Crippen LogP contribution in [0.15, 0.2) is 42.5 Å². The average molecular weight is 285 g/mol. The lowest BCUT2D eigenvalue weighted by Gasteiger charge is -2.37.